The minimum absolute atomic E-state index is 0.0578. The van der Waals surface area contributed by atoms with E-state index in [0.717, 1.165) is 24.8 Å². The highest BCUT2D eigenvalue weighted by Gasteiger charge is 2.48. The maximum absolute atomic E-state index is 13.2. The van der Waals surface area contributed by atoms with Crippen LogP contribution in [0.1, 0.15) is 81.6 Å². The molecule has 0 spiro atoms. The third kappa shape index (κ3) is 7.53. The largest absolute Gasteiger partial charge is 0.456 e. The number of rotatable bonds is 12. The molecule has 0 aromatic rings. The summed E-state index contributed by atoms with van der Waals surface area (Å²) in [5, 5.41) is 0. The van der Waals surface area contributed by atoms with Gasteiger partial charge in [-0.05, 0) is 57.4 Å². The average Bonchev–Trinajstić information content (AvgIpc) is 3.20. The van der Waals surface area contributed by atoms with Crippen molar-refractivity contribution in [2.45, 2.75) is 118 Å². The molecule has 0 amide bonds. The zero-order chi connectivity index (χ0) is 27.2. The highest BCUT2D eigenvalue weighted by Crippen LogP contribution is 2.43. The molecule has 0 bridgehead atoms. The highest BCUT2D eigenvalue weighted by atomic mass is 16.7. The van der Waals surface area contributed by atoms with Crippen molar-refractivity contribution >= 4 is 5.97 Å². The van der Waals surface area contributed by atoms with E-state index in [1.165, 1.54) is 5.57 Å². The summed E-state index contributed by atoms with van der Waals surface area (Å²) in [6, 6.07) is 0. The molecule has 0 radical (unpaired) electrons. The van der Waals surface area contributed by atoms with E-state index < -0.39 is 6.10 Å². The highest BCUT2D eigenvalue weighted by molar-refractivity contribution is 5.76. The Balaban J connectivity index is 2.16. The predicted molar refractivity (Wildman–Crippen MR) is 141 cm³/mol. The number of carbonyl (C=O) groups is 1. The first-order valence-electron chi connectivity index (χ1n) is 13.7. The van der Waals surface area contributed by atoms with E-state index in [-0.39, 0.29) is 53.9 Å². The minimum Gasteiger partial charge on any atom is -0.456 e. The van der Waals surface area contributed by atoms with Gasteiger partial charge in [0.1, 0.15) is 6.10 Å². The predicted octanol–water partition coefficient (Wildman–Crippen LogP) is 5.55. The van der Waals surface area contributed by atoms with E-state index in [9.17, 15) is 4.79 Å². The zero-order valence-electron chi connectivity index (χ0n) is 24.6. The number of ether oxygens (including phenoxy) is 6. The Kier molecular flexibility index (Phi) is 11.9. The second kappa shape index (κ2) is 13.7. The first-order valence-corrected chi connectivity index (χ1v) is 13.7. The van der Waals surface area contributed by atoms with Crippen LogP contribution in [0.3, 0.4) is 0 Å². The smallest absolute Gasteiger partial charge is 0.336 e. The Bertz CT molecular complexity index is 731. The standard InChI is InChI=1S/C29H52O7/c1-12-24-29(8,9)27(36-25(35-24)16-32-11)20(6)18(4)19(5)21(7)33-28(30)26-22(13-17(2)3)14-23(34-26)15-31-10/h17,20-27H,12-16H2,1-11H3/b19-18+/t20-,21-,22+,23?,24-,25?,26?,27-/m0/s1. The summed E-state index contributed by atoms with van der Waals surface area (Å²) in [5.74, 6) is 0.463. The fourth-order valence-electron chi connectivity index (χ4n) is 5.95. The van der Waals surface area contributed by atoms with Crippen molar-refractivity contribution in [3.63, 3.8) is 0 Å². The molecule has 8 atom stereocenters. The number of hydrogen-bond donors (Lipinski definition) is 0. The third-order valence-electron chi connectivity index (χ3n) is 8.20. The van der Waals surface area contributed by atoms with Gasteiger partial charge in [-0.2, -0.15) is 0 Å². The molecule has 0 aliphatic carbocycles. The van der Waals surface area contributed by atoms with Gasteiger partial charge < -0.3 is 28.4 Å². The topological polar surface area (TPSA) is 72.5 Å². The van der Waals surface area contributed by atoms with E-state index in [4.69, 9.17) is 28.4 Å². The lowest BCUT2D eigenvalue weighted by molar-refractivity contribution is -0.310. The van der Waals surface area contributed by atoms with Gasteiger partial charge in [0.2, 0.25) is 0 Å². The van der Waals surface area contributed by atoms with Crippen LogP contribution in [0.5, 0.6) is 0 Å². The van der Waals surface area contributed by atoms with Gasteiger partial charge in [0.25, 0.3) is 0 Å². The fraction of sp³-hybridized carbons (Fsp3) is 0.897. The van der Waals surface area contributed by atoms with E-state index >= 15 is 0 Å². The quantitative estimate of drug-likeness (QED) is 0.251. The Morgan fingerprint density at radius 3 is 2.17 bits per heavy atom. The van der Waals surface area contributed by atoms with Gasteiger partial charge in [-0.3, -0.25) is 0 Å². The first-order chi connectivity index (χ1) is 16.9. The molecule has 0 saturated carbocycles. The Morgan fingerprint density at radius 1 is 0.972 bits per heavy atom. The van der Waals surface area contributed by atoms with E-state index in [0.29, 0.717) is 19.1 Å². The van der Waals surface area contributed by atoms with E-state index in [1.54, 1.807) is 14.2 Å². The number of esters is 1. The van der Waals surface area contributed by atoms with Gasteiger partial charge >= 0.3 is 5.97 Å². The average molecular weight is 513 g/mol. The molecule has 2 fully saturated rings. The van der Waals surface area contributed by atoms with Crippen LogP contribution in [-0.4, -0.2) is 70.2 Å². The van der Waals surface area contributed by atoms with Crippen LogP contribution in [0, 0.1) is 23.2 Å². The van der Waals surface area contributed by atoms with Crippen molar-refractivity contribution in [1.29, 1.82) is 0 Å². The van der Waals surface area contributed by atoms with Crippen molar-refractivity contribution in [1.82, 2.24) is 0 Å². The Hall–Kier alpha value is -0.990. The molecule has 2 aliphatic heterocycles. The number of carbonyl (C=O) groups excluding carboxylic acids is 1. The summed E-state index contributed by atoms with van der Waals surface area (Å²) < 4.78 is 35.3. The summed E-state index contributed by atoms with van der Waals surface area (Å²) >= 11 is 0. The van der Waals surface area contributed by atoms with Crippen molar-refractivity contribution in [2.24, 2.45) is 23.2 Å². The van der Waals surface area contributed by atoms with Crippen LogP contribution in [-0.2, 0) is 33.2 Å². The molecule has 7 nitrogen and oxygen atoms in total. The van der Waals surface area contributed by atoms with E-state index in [1.807, 2.05) is 6.92 Å². The summed E-state index contributed by atoms with van der Waals surface area (Å²) in [6.45, 7) is 20.1. The molecule has 3 unspecified atom stereocenters. The normalized spacial score (nSPS) is 32.8. The lowest BCUT2D eigenvalue weighted by Crippen LogP contribution is -2.55. The van der Waals surface area contributed by atoms with E-state index in [2.05, 4.69) is 55.4 Å². The van der Waals surface area contributed by atoms with Crippen molar-refractivity contribution in [2.75, 3.05) is 27.4 Å². The van der Waals surface area contributed by atoms with Crippen LogP contribution in [0.15, 0.2) is 11.1 Å². The van der Waals surface area contributed by atoms with Gasteiger partial charge in [-0.1, -0.05) is 47.1 Å². The molecule has 0 aromatic heterocycles. The molecule has 0 aromatic carbocycles. The lowest BCUT2D eigenvalue weighted by atomic mass is 9.71. The maximum atomic E-state index is 13.2. The number of methoxy groups -OCH3 is 2. The van der Waals surface area contributed by atoms with Gasteiger partial charge in [0.15, 0.2) is 12.4 Å². The van der Waals surface area contributed by atoms with Gasteiger partial charge in [0, 0.05) is 25.6 Å². The molecule has 2 saturated heterocycles. The van der Waals surface area contributed by atoms with Crippen LogP contribution in [0.4, 0.5) is 0 Å². The van der Waals surface area contributed by atoms with Crippen molar-refractivity contribution in [3.8, 4) is 0 Å². The van der Waals surface area contributed by atoms with Crippen LogP contribution in [0.2, 0.25) is 0 Å². The molecule has 2 heterocycles. The van der Waals surface area contributed by atoms with Gasteiger partial charge in [0.05, 0.1) is 31.5 Å². The molecule has 2 aliphatic rings. The third-order valence-corrected chi connectivity index (χ3v) is 8.20. The fourth-order valence-corrected chi connectivity index (χ4v) is 5.95. The first kappa shape index (κ1) is 31.2. The van der Waals surface area contributed by atoms with Crippen LogP contribution in [0.25, 0.3) is 0 Å². The van der Waals surface area contributed by atoms with Crippen molar-refractivity contribution < 1.29 is 33.2 Å². The summed E-state index contributed by atoms with van der Waals surface area (Å²) in [5.41, 5.74) is 2.03. The lowest BCUT2D eigenvalue weighted by Gasteiger charge is -2.50. The van der Waals surface area contributed by atoms with Gasteiger partial charge in [-0.25, -0.2) is 4.79 Å². The monoisotopic (exact) mass is 512 g/mol. The summed E-state index contributed by atoms with van der Waals surface area (Å²) in [4.78, 5) is 13.2. The molecule has 210 valence electrons. The Morgan fingerprint density at radius 2 is 1.61 bits per heavy atom. The van der Waals surface area contributed by atoms with Crippen molar-refractivity contribution in [3.05, 3.63) is 11.1 Å². The zero-order valence-corrected chi connectivity index (χ0v) is 24.6. The number of hydrogen-bond acceptors (Lipinski definition) is 7. The SMILES string of the molecule is CC[C@@H]1OC(COC)O[C@@H]([C@@H](C)/C(C)=C(\C)[C@H](C)OC(=O)C2OC(COC)C[C@H]2CC(C)C)C1(C)C. The molecule has 0 N–H and O–H groups in total. The molecule has 7 heteroatoms. The minimum atomic E-state index is -0.543. The molecular weight excluding hydrogens is 460 g/mol. The maximum Gasteiger partial charge on any atom is 0.336 e. The van der Waals surface area contributed by atoms with Gasteiger partial charge in [-0.15, -0.1) is 0 Å². The Labute approximate surface area is 219 Å². The molecule has 36 heavy (non-hydrogen) atoms. The van der Waals surface area contributed by atoms with Crippen LogP contribution >= 0.6 is 0 Å². The summed E-state index contributed by atoms with van der Waals surface area (Å²) in [6.07, 6.45) is 1.31. The molecule has 2 rings (SSSR count). The second-order valence-corrected chi connectivity index (χ2v) is 11.8. The second-order valence-electron chi connectivity index (χ2n) is 11.8. The summed E-state index contributed by atoms with van der Waals surface area (Å²) in [7, 11) is 3.32. The molecular formula is C29H52O7. The van der Waals surface area contributed by atoms with Crippen LogP contribution < -0.4 is 0 Å².